The molecule has 5 heteroatoms. The van der Waals surface area contributed by atoms with Gasteiger partial charge in [-0.15, -0.1) is 0 Å². The van der Waals surface area contributed by atoms with E-state index in [-0.39, 0.29) is 5.92 Å². The average Bonchev–Trinajstić information content (AvgIpc) is 2.60. The number of aromatic nitrogens is 2. The third-order valence-electron chi connectivity index (χ3n) is 1.67. The zero-order chi connectivity index (χ0) is 10.6. The minimum Gasteiger partial charge on any atom is -0.466 e. The van der Waals surface area contributed by atoms with Crippen LogP contribution in [0.4, 0.5) is 0 Å². The summed E-state index contributed by atoms with van der Waals surface area (Å²) in [6, 6.07) is 0. The second kappa shape index (κ2) is 4.55. The van der Waals surface area contributed by atoms with Crippen LogP contribution >= 0.6 is 0 Å². The van der Waals surface area contributed by atoms with Crippen LogP contribution in [0.2, 0.25) is 0 Å². The number of rotatable bonds is 3. The molecular formula is C9H12N2O3. The number of carbonyl (C=O) groups excluding carboxylic acids is 1. The number of methoxy groups -OCH3 is 1. The molecule has 0 aromatic carbocycles. The van der Waals surface area contributed by atoms with E-state index in [0.717, 1.165) is 0 Å². The molecule has 5 nitrogen and oxygen atoms in total. The van der Waals surface area contributed by atoms with Gasteiger partial charge in [-0.05, 0) is 0 Å². The first-order chi connectivity index (χ1) is 6.63. The van der Waals surface area contributed by atoms with Gasteiger partial charge in [0.05, 0.1) is 7.11 Å². The Morgan fingerprint density at radius 2 is 2.36 bits per heavy atom. The van der Waals surface area contributed by atoms with Crippen molar-refractivity contribution in [2.24, 2.45) is 0 Å². The second-order valence-electron chi connectivity index (χ2n) is 2.84. The topological polar surface area (TPSA) is 65.2 Å². The molecule has 0 aliphatic heterocycles. The van der Waals surface area contributed by atoms with Gasteiger partial charge in [-0.2, -0.15) is 4.98 Å². The normalized spacial score (nSPS) is 13.1. The van der Waals surface area contributed by atoms with Gasteiger partial charge >= 0.3 is 5.97 Å². The lowest BCUT2D eigenvalue weighted by molar-refractivity contribution is -0.134. The summed E-state index contributed by atoms with van der Waals surface area (Å²) in [5.41, 5.74) is 0. The minimum atomic E-state index is -0.392. The summed E-state index contributed by atoms with van der Waals surface area (Å²) >= 11 is 0. The van der Waals surface area contributed by atoms with Gasteiger partial charge in [0.15, 0.2) is 5.82 Å². The Kier molecular flexibility index (Phi) is 3.39. The van der Waals surface area contributed by atoms with Crippen LogP contribution in [-0.4, -0.2) is 23.2 Å². The molecular weight excluding hydrogens is 184 g/mol. The molecule has 1 unspecified atom stereocenters. The molecule has 0 saturated carbocycles. The highest BCUT2D eigenvalue weighted by molar-refractivity contribution is 5.81. The molecule has 1 rings (SSSR count). The Labute approximate surface area is 81.8 Å². The smallest absolute Gasteiger partial charge is 0.330 e. The van der Waals surface area contributed by atoms with Crippen molar-refractivity contribution < 1.29 is 14.1 Å². The number of hydrogen-bond acceptors (Lipinski definition) is 5. The van der Waals surface area contributed by atoms with Crippen LogP contribution in [0.3, 0.4) is 0 Å². The molecule has 0 radical (unpaired) electrons. The molecule has 0 N–H and O–H groups in total. The van der Waals surface area contributed by atoms with Crippen LogP contribution in [0.25, 0.3) is 0 Å². The van der Waals surface area contributed by atoms with Gasteiger partial charge < -0.3 is 9.26 Å². The fraction of sp³-hybridized carbons (Fsp3) is 0.444. The highest BCUT2D eigenvalue weighted by atomic mass is 16.5. The fourth-order valence-corrected chi connectivity index (χ4v) is 0.877. The van der Waals surface area contributed by atoms with E-state index in [1.165, 1.54) is 13.2 Å². The molecule has 76 valence electrons. The molecule has 0 bridgehead atoms. The molecule has 1 atom stereocenters. The Bertz CT molecular complexity index is 344. The van der Waals surface area contributed by atoms with Crippen molar-refractivity contribution in [3.8, 4) is 0 Å². The lowest BCUT2D eigenvalue weighted by Gasteiger charge is -1.97. The molecule has 1 aromatic heterocycles. The predicted molar refractivity (Wildman–Crippen MR) is 48.6 cm³/mol. The third-order valence-corrected chi connectivity index (χ3v) is 1.67. The Balaban J connectivity index is 2.62. The quantitative estimate of drug-likeness (QED) is 0.537. The van der Waals surface area contributed by atoms with Crippen LogP contribution in [0.1, 0.15) is 24.6 Å². The highest BCUT2D eigenvalue weighted by Gasteiger charge is 2.08. The number of ether oxygens (including phenoxy) is 1. The first-order valence-corrected chi connectivity index (χ1v) is 4.20. The van der Waals surface area contributed by atoms with Gasteiger partial charge in [0.25, 0.3) is 0 Å². The van der Waals surface area contributed by atoms with Crippen molar-refractivity contribution in [2.75, 3.05) is 7.11 Å². The number of allylic oxidation sites excluding steroid dienone is 1. The first kappa shape index (κ1) is 10.4. The summed E-state index contributed by atoms with van der Waals surface area (Å²) in [5, 5.41) is 3.73. The van der Waals surface area contributed by atoms with Gasteiger partial charge in [0, 0.05) is 18.9 Å². The molecule has 0 aliphatic rings. The van der Waals surface area contributed by atoms with E-state index >= 15 is 0 Å². The van der Waals surface area contributed by atoms with Gasteiger partial charge in [0.2, 0.25) is 5.89 Å². The second-order valence-corrected chi connectivity index (χ2v) is 2.84. The Hall–Kier alpha value is -1.65. The number of hydrogen-bond donors (Lipinski definition) is 0. The first-order valence-electron chi connectivity index (χ1n) is 4.20. The standard InChI is InChI=1S/C9H12N2O3/c1-6(4-5-8(12)13-3)9-10-7(2)14-11-9/h4-6H,1-3H3/b5-4-. The maximum absolute atomic E-state index is 10.8. The fourth-order valence-electron chi connectivity index (χ4n) is 0.877. The summed E-state index contributed by atoms with van der Waals surface area (Å²) in [5.74, 6) is 0.615. The largest absolute Gasteiger partial charge is 0.466 e. The molecule has 14 heavy (non-hydrogen) atoms. The van der Waals surface area contributed by atoms with Crippen molar-refractivity contribution in [1.29, 1.82) is 0 Å². The van der Waals surface area contributed by atoms with Crippen molar-refractivity contribution in [2.45, 2.75) is 19.8 Å². The van der Waals surface area contributed by atoms with Crippen LogP contribution in [-0.2, 0) is 9.53 Å². The zero-order valence-electron chi connectivity index (χ0n) is 8.35. The monoisotopic (exact) mass is 196 g/mol. The molecule has 0 spiro atoms. The zero-order valence-corrected chi connectivity index (χ0v) is 8.35. The van der Waals surface area contributed by atoms with Crippen LogP contribution in [0.5, 0.6) is 0 Å². The van der Waals surface area contributed by atoms with Crippen LogP contribution in [0, 0.1) is 6.92 Å². The van der Waals surface area contributed by atoms with E-state index in [1.807, 2.05) is 6.92 Å². The molecule has 0 amide bonds. The summed E-state index contributed by atoms with van der Waals surface area (Å²) < 4.78 is 9.26. The highest BCUT2D eigenvalue weighted by Crippen LogP contribution is 2.12. The lowest BCUT2D eigenvalue weighted by Crippen LogP contribution is -1.97. The van der Waals surface area contributed by atoms with Gasteiger partial charge in [0.1, 0.15) is 0 Å². The van der Waals surface area contributed by atoms with Crippen molar-refractivity contribution in [3.05, 3.63) is 23.9 Å². The maximum Gasteiger partial charge on any atom is 0.330 e. The number of aryl methyl sites for hydroxylation is 1. The van der Waals surface area contributed by atoms with E-state index in [2.05, 4.69) is 14.9 Å². The number of carbonyl (C=O) groups is 1. The van der Waals surface area contributed by atoms with Crippen molar-refractivity contribution in [3.63, 3.8) is 0 Å². The Morgan fingerprint density at radius 3 is 2.86 bits per heavy atom. The van der Waals surface area contributed by atoms with Crippen LogP contribution in [0.15, 0.2) is 16.7 Å². The van der Waals surface area contributed by atoms with Gasteiger partial charge in [-0.25, -0.2) is 4.79 Å². The van der Waals surface area contributed by atoms with E-state index in [1.54, 1.807) is 13.0 Å². The van der Waals surface area contributed by atoms with E-state index in [9.17, 15) is 4.79 Å². The summed E-state index contributed by atoms with van der Waals surface area (Å²) in [6.45, 7) is 3.58. The van der Waals surface area contributed by atoms with E-state index in [4.69, 9.17) is 4.52 Å². The number of esters is 1. The van der Waals surface area contributed by atoms with E-state index < -0.39 is 5.97 Å². The molecule has 0 fully saturated rings. The molecule has 1 aromatic rings. The number of nitrogens with zero attached hydrogens (tertiary/aromatic N) is 2. The average molecular weight is 196 g/mol. The van der Waals surface area contributed by atoms with Gasteiger partial charge in [-0.3, -0.25) is 0 Å². The maximum atomic E-state index is 10.8. The van der Waals surface area contributed by atoms with Gasteiger partial charge in [-0.1, -0.05) is 18.2 Å². The SMILES string of the molecule is COC(=O)/C=C\C(C)c1noc(C)n1. The molecule has 0 saturated heterocycles. The summed E-state index contributed by atoms with van der Waals surface area (Å²) in [6.07, 6.45) is 3.01. The van der Waals surface area contributed by atoms with Crippen LogP contribution < -0.4 is 0 Å². The molecule has 0 aliphatic carbocycles. The van der Waals surface area contributed by atoms with Crippen molar-refractivity contribution in [1.82, 2.24) is 10.1 Å². The third kappa shape index (κ3) is 2.69. The summed E-state index contributed by atoms with van der Waals surface area (Å²) in [4.78, 5) is 14.8. The Morgan fingerprint density at radius 1 is 1.64 bits per heavy atom. The molecule has 1 heterocycles. The van der Waals surface area contributed by atoms with Crippen molar-refractivity contribution >= 4 is 5.97 Å². The summed E-state index contributed by atoms with van der Waals surface area (Å²) in [7, 11) is 1.33. The minimum absolute atomic E-state index is 0.0634. The predicted octanol–water partition coefficient (Wildman–Crippen LogP) is 1.21. The lowest BCUT2D eigenvalue weighted by atomic mass is 10.1. The van der Waals surface area contributed by atoms with E-state index in [0.29, 0.717) is 11.7 Å².